The molecule has 1 N–H and O–H groups in total. The van der Waals surface area contributed by atoms with Crippen molar-refractivity contribution in [3.05, 3.63) is 125 Å². The van der Waals surface area contributed by atoms with E-state index in [0.29, 0.717) is 6.71 Å². The van der Waals surface area contributed by atoms with Gasteiger partial charge >= 0.3 is 0 Å². The minimum atomic E-state index is 0.421. The van der Waals surface area contributed by atoms with Crippen molar-refractivity contribution in [3.8, 4) is 0 Å². The molecule has 1 aromatic heterocycles. The standard InChI is InChI=1S/C17H19B.C10H9BrN2/c1-4-13-18(16-11-7-5-9-14(16)2)17-12-8-6-10-15(17)3;11-9-3-1-8(2-4-9)7-10-12-5-6-13-10/h4-12H,1,13H2,2-3H3;1-6H,7H2,(H,12,13). The monoisotopic (exact) mass is 470 g/mol. The van der Waals surface area contributed by atoms with Crippen molar-refractivity contribution in [2.75, 3.05) is 0 Å². The molecule has 4 aromatic rings. The highest BCUT2D eigenvalue weighted by Crippen LogP contribution is 2.12. The fourth-order valence-electron chi connectivity index (χ4n) is 3.73. The van der Waals surface area contributed by atoms with E-state index in [1.165, 1.54) is 27.6 Å². The quantitative estimate of drug-likeness (QED) is 0.277. The smallest absolute Gasteiger partial charge is 0.213 e. The summed E-state index contributed by atoms with van der Waals surface area (Å²) in [6.45, 7) is 8.70. The molecule has 0 unspecified atom stereocenters. The second-order valence-electron chi connectivity index (χ2n) is 7.63. The van der Waals surface area contributed by atoms with Crippen LogP contribution < -0.4 is 10.9 Å². The number of aromatic nitrogens is 2. The Morgan fingerprint density at radius 2 is 1.48 bits per heavy atom. The van der Waals surface area contributed by atoms with Crippen molar-refractivity contribution in [3.63, 3.8) is 0 Å². The average molecular weight is 471 g/mol. The minimum absolute atomic E-state index is 0.421. The number of halogens is 1. The maximum absolute atomic E-state index is 4.17. The molecule has 2 nitrogen and oxygen atoms in total. The lowest BCUT2D eigenvalue weighted by Gasteiger charge is -2.17. The summed E-state index contributed by atoms with van der Waals surface area (Å²) < 4.78 is 1.11. The molecule has 0 spiro atoms. The number of benzene rings is 3. The summed E-state index contributed by atoms with van der Waals surface area (Å²) in [5.74, 6) is 1.00. The van der Waals surface area contributed by atoms with Gasteiger partial charge in [0.05, 0.1) is 0 Å². The molecule has 0 aliphatic heterocycles. The van der Waals surface area contributed by atoms with Crippen LogP contribution in [0.25, 0.3) is 0 Å². The van der Waals surface area contributed by atoms with Gasteiger partial charge < -0.3 is 4.98 Å². The van der Waals surface area contributed by atoms with Crippen LogP contribution in [0.1, 0.15) is 22.5 Å². The number of hydrogen-bond acceptors (Lipinski definition) is 1. The van der Waals surface area contributed by atoms with Crippen LogP contribution in [0.3, 0.4) is 0 Å². The van der Waals surface area contributed by atoms with Crippen molar-refractivity contribution >= 4 is 33.6 Å². The summed E-state index contributed by atoms with van der Waals surface area (Å²) >= 11 is 3.40. The van der Waals surface area contributed by atoms with E-state index >= 15 is 0 Å². The highest BCUT2D eigenvalue weighted by atomic mass is 79.9. The molecule has 0 amide bonds. The third kappa shape index (κ3) is 6.57. The summed E-state index contributed by atoms with van der Waals surface area (Å²) in [4.78, 5) is 7.24. The summed E-state index contributed by atoms with van der Waals surface area (Å²) in [5.41, 5.74) is 6.79. The number of aromatic amines is 1. The molecule has 0 saturated carbocycles. The van der Waals surface area contributed by atoms with Gasteiger partial charge in [0.25, 0.3) is 0 Å². The van der Waals surface area contributed by atoms with Crippen LogP contribution in [0, 0.1) is 13.8 Å². The van der Waals surface area contributed by atoms with E-state index < -0.39 is 0 Å². The van der Waals surface area contributed by atoms with E-state index in [2.05, 4.69) is 107 Å². The van der Waals surface area contributed by atoms with Gasteiger partial charge in [-0.25, -0.2) is 4.98 Å². The molecule has 156 valence electrons. The molecular weight excluding hydrogens is 443 g/mol. The number of imidazole rings is 1. The zero-order chi connectivity index (χ0) is 22.1. The SMILES string of the molecule is Brc1ccc(Cc2ncc[nH]2)cc1.C=CCB(c1ccccc1C)c1ccccc1C. The maximum Gasteiger partial charge on any atom is 0.213 e. The third-order valence-electron chi connectivity index (χ3n) is 5.37. The molecule has 0 radical (unpaired) electrons. The Labute approximate surface area is 194 Å². The zero-order valence-corrected chi connectivity index (χ0v) is 19.8. The topological polar surface area (TPSA) is 28.7 Å². The molecule has 1 heterocycles. The number of nitrogens with zero attached hydrogens (tertiary/aromatic N) is 1. The number of allylic oxidation sites excluding steroid dienone is 1. The second kappa shape index (κ2) is 11.5. The van der Waals surface area contributed by atoms with Gasteiger partial charge in [0.15, 0.2) is 0 Å². The molecule has 0 aliphatic carbocycles. The van der Waals surface area contributed by atoms with E-state index in [0.717, 1.165) is 23.0 Å². The Morgan fingerprint density at radius 1 is 0.903 bits per heavy atom. The molecule has 31 heavy (non-hydrogen) atoms. The predicted molar refractivity (Wildman–Crippen MR) is 138 cm³/mol. The molecule has 0 saturated heterocycles. The highest BCUT2D eigenvalue weighted by molar-refractivity contribution is 9.10. The van der Waals surface area contributed by atoms with E-state index in [9.17, 15) is 0 Å². The van der Waals surface area contributed by atoms with E-state index in [1.807, 2.05) is 24.4 Å². The fourth-order valence-corrected chi connectivity index (χ4v) is 4.00. The molecule has 4 heteroatoms. The molecule has 3 aromatic carbocycles. The van der Waals surface area contributed by atoms with Crippen LogP contribution in [0.2, 0.25) is 6.32 Å². The van der Waals surface area contributed by atoms with Crippen LogP contribution in [-0.4, -0.2) is 16.7 Å². The Hall–Kier alpha value is -2.85. The van der Waals surface area contributed by atoms with Gasteiger partial charge in [0, 0.05) is 23.3 Å². The van der Waals surface area contributed by atoms with Crippen molar-refractivity contribution in [1.82, 2.24) is 9.97 Å². The first-order valence-corrected chi connectivity index (χ1v) is 11.3. The van der Waals surface area contributed by atoms with Gasteiger partial charge in [0.2, 0.25) is 6.71 Å². The lowest BCUT2D eigenvalue weighted by Crippen LogP contribution is -2.44. The Balaban J connectivity index is 0.000000185. The molecular formula is C27H28BBrN2. The van der Waals surface area contributed by atoms with Crippen molar-refractivity contribution in [2.24, 2.45) is 0 Å². The van der Waals surface area contributed by atoms with Crippen LogP contribution in [0.4, 0.5) is 0 Å². The summed E-state index contributed by atoms with van der Waals surface area (Å²) in [6.07, 6.45) is 7.47. The Morgan fingerprint density at radius 3 is 1.97 bits per heavy atom. The van der Waals surface area contributed by atoms with Crippen LogP contribution >= 0.6 is 15.9 Å². The van der Waals surface area contributed by atoms with Crippen molar-refractivity contribution in [2.45, 2.75) is 26.6 Å². The first kappa shape index (κ1) is 22.8. The van der Waals surface area contributed by atoms with E-state index in [4.69, 9.17) is 0 Å². The maximum atomic E-state index is 4.17. The average Bonchev–Trinajstić information content (AvgIpc) is 3.29. The fraction of sp³-hybridized carbons (Fsp3) is 0.148. The number of rotatable bonds is 6. The third-order valence-corrected chi connectivity index (χ3v) is 5.90. The number of nitrogens with one attached hydrogen (secondary N) is 1. The van der Waals surface area contributed by atoms with Gasteiger partial charge in [-0.3, -0.25) is 0 Å². The molecule has 0 atom stereocenters. The number of H-pyrrole nitrogens is 1. The summed E-state index contributed by atoms with van der Waals surface area (Å²) in [7, 11) is 0. The van der Waals surface area contributed by atoms with Gasteiger partial charge in [0.1, 0.15) is 5.82 Å². The van der Waals surface area contributed by atoms with Gasteiger partial charge in [-0.2, -0.15) is 0 Å². The minimum Gasteiger partial charge on any atom is -0.348 e. The van der Waals surface area contributed by atoms with E-state index in [-0.39, 0.29) is 0 Å². The lowest BCUT2D eigenvalue weighted by atomic mass is 9.37. The second-order valence-corrected chi connectivity index (χ2v) is 8.54. The van der Waals surface area contributed by atoms with Gasteiger partial charge in [-0.15, -0.1) is 6.58 Å². The molecule has 0 fully saturated rings. The van der Waals surface area contributed by atoms with Gasteiger partial charge in [-0.1, -0.05) is 105 Å². The number of aryl methyl sites for hydroxylation is 2. The van der Waals surface area contributed by atoms with E-state index in [1.54, 1.807) is 6.20 Å². The summed E-state index contributed by atoms with van der Waals surface area (Å²) in [5, 5.41) is 0. The highest BCUT2D eigenvalue weighted by Gasteiger charge is 2.20. The lowest BCUT2D eigenvalue weighted by molar-refractivity contribution is 1.03. The molecule has 4 rings (SSSR count). The predicted octanol–water partition coefficient (Wildman–Crippen LogP) is 5.86. The zero-order valence-electron chi connectivity index (χ0n) is 18.2. The Kier molecular flexibility index (Phi) is 8.48. The normalized spacial score (nSPS) is 10.2. The Bertz CT molecular complexity index is 1040. The van der Waals surface area contributed by atoms with Crippen molar-refractivity contribution in [1.29, 1.82) is 0 Å². The van der Waals surface area contributed by atoms with Crippen LogP contribution in [0.15, 0.2) is 102 Å². The largest absolute Gasteiger partial charge is 0.348 e. The first-order chi connectivity index (χ1) is 15.1. The summed E-state index contributed by atoms with van der Waals surface area (Å²) in [6, 6.07) is 25.5. The van der Waals surface area contributed by atoms with Crippen LogP contribution in [0.5, 0.6) is 0 Å². The molecule has 0 aliphatic rings. The van der Waals surface area contributed by atoms with Gasteiger partial charge in [-0.05, 0) is 37.9 Å². The van der Waals surface area contributed by atoms with Crippen molar-refractivity contribution < 1.29 is 0 Å². The molecule has 0 bridgehead atoms. The van der Waals surface area contributed by atoms with Crippen LogP contribution in [-0.2, 0) is 6.42 Å². The first-order valence-electron chi connectivity index (χ1n) is 10.5. The number of hydrogen-bond donors (Lipinski definition) is 1.